The third-order valence-corrected chi connectivity index (χ3v) is 5.64. The lowest BCUT2D eigenvalue weighted by molar-refractivity contribution is 0.0637. The van der Waals surface area contributed by atoms with Gasteiger partial charge < -0.3 is 19.9 Å². The van der Waals surface area contributed by atoms with E-state index in [0.717, 1.165) is 49.7 Å². The lowest BCUT2D eigenvalue weighted by Gasteiger charge is -2.30. The van der Waals surface area contributed by atoms with Gasteiger partial charge in [-0.05, 0) is 47.4 Å². The summed E-state index contributed by atoms with van der Waals surface area (Å²) in [5, 5.41) is 13.9. The quantitative estimate of drug-likeness (QED) is 0.453. The third kappa shape index (κ3) is 6.82. The Bertz CT molecular complexity index is 964. The van der Waals surface area contributed by atoms with Crippen LogP contribution in [0.1, 0.15) is 16.7 Å². The molecular weight excluding hydrogens is 400 g/mol. The normalized spacial score (nSPS) is 14.5. The van der Waals surface area contributed by atoms with Crippen molar-refractivity contribution < 1.29 is 14.6 Å². The molecule has 0 saturated carbocycles. The number of hydrogen-bond donors (Lipinski definition) is 2. The van der Waals surface area contributed by atoms with Gasteiger partial charge >= 0.3 is 0 Å². The van der Waals surface area contributed by atoms with Gasteiger partial charge in [0.1, 0.15) is 30.8 Å². The maximum absolute atomic E-state index is 10.5. The van der Waals surface area contributed by atoms with Crippen LogP contribution < -0.4 is 14.8 Å². The molecule has 0 spiro atoms. The zero-order chi connectivity index (χ0) is 22.0. The Morgan fingerprint density at radius 3 is 2.53 bits per heavy atom. The molecule has 1 aliphatic rings. The fraction of sp³-hybridized carbons (Fsp3) is 0.333. The summed E-state index contributed by atoms with van der Waals surface area (Å²) in [5.74, 6) is 1.67. The molecular formula is C27H32N2O3. The van der Waals surface area contributed by atoms with Gasteiger partial charge in [0, 0.05) is 32.7 Å². The van der Waals surface area contributed by atoms with E-state index in [0.29, 0.717) is 19.8 Å². The number of ether oxygens (including phenoxy) is 2. The molecule has 0 saturated heterocycles. The number of nitrogens with one attached hydrogen (secondary N) is 1. The molecule has 5 heteroatoms. The standard InChI is InChI=1S/C27H32N2O3/c30-25(20-29-15-13-23-8-4-5-9-24(23)19-29)21-32-27-12-6-7-22(17-27)18-28-14-16-31-26-10-2-1-3-11-26/h1-12,17,25,28,30H,13-16,18-21H2/t25-/m0/s1. The Kier molecular flexibility index (Phi) is 8.15. The molecule has 1 atom stereocenters. The highest BCUT2D eigenvalue weighted by atomic mass is 16.5. The lowest BCUT2D eigenvalue weighted by Crippen LogP contribution is -2.38. The minimum Gasteiger partial charge on any atom is -0.492 e. The van der Waals surface area contributed by atoms with Crippen LogP contribution in [0.25, 0.3) is 0 Å². The third-order valence-electron chi connectivity index (χ3n) is 5.64. The van der Waals surface area contributed by atoms with Gasteiger partial charge in [-0.2, -0.15) is 0 Å². The molecule has 0 unspecified atom stereocenters. The molecule has 3 aromatic carbocycles. The minimum absolute atomic E-state index is 0.292. The molecule has 0 radical (unpaired) electrons. The lowest BCUT2D eigenvalue weighted by atomic mass is 10.00. The van der Waals surface area contributed by atoms with E-state index in [-0.39, 0.29) is 0 Å². The fourth-order valence-corrected chi connectivity index (χ4v) is 3.99. The first kappa shape index (κ1) is 22.3. The van der Waals surface area contributed by atoms with Crippen LogP contribution in [0.3, 0.4) is 0 Å². The molecule has 3 aromatic rings. The van der Waals surface area contributed by atoms with Gasteiger partial charge in [-0.25, -0.2) is 0 Å². The van der Waals surface area contributed by atoms with E-state index >= 15 is 0 Å². The van der Waals surface area contributed by atoms with Crippen LogP contribution in [-0.2, 0) is 19.5 Å². The predicted octanol–water partition coefficient (Wildman–Crippen LogP) is 3.65. The molecule has 0 fully saturated rings. The van der Waals surface area contributed by atoms with Crippen molar-refractivity contribution in [2.75, 3.05) is 32.8 Å². The summed E-state index contributed by atoms with van der Waals surface area (Å²) < 4.78 is 11.6. The largest absolute Gasteiger partial charge is 0.492 e. The minimum atomic E-state index is -0.517. The van der Waals surface area contributed by atoms with Crippen LogP contribution >= 0.6 is 0 Å². The van der Waals surface area contributed by atoms with Gasteiger partial charge in [0.2, 0.25) is 0 Å². The first-order chi connectivity index (χ1) is 15.8. The van der Waals surface area contributed by atoms with E-state index in [1.165, 1.54) is 11.1 Å². The van der Waals surface area contributed by atoms with Crippen LogP contribution in [0.15, 0.2) is 78.9 Å². The highest BCUT2D eigenvalue weighted by Gasteiger charge is 2.18. The second-order valence-electron chi connectivity index (χ2n) is 8.20. The van der Waals surface area contributed by atoms with Gasteiger partial charge in [0.05, 0.1) is 0 Å². The zero-order valence-corrected chi connectivity index (χ0v) is 18.5. The highest BCUT2D eigenvalue weighted by molar-refractivity contribution is 5.29. The van der Waals surface area contributed by atoms with Gasteiger partial charge in [-0.1, -0.05) is 54.6 Å². The summed E-state index contributed by atoms with van der Waals surface area (Å²) in [5.41, 5.74) is 3.93. The molecule has 32 heavy (non-hydrogen) atoms. The van der Waals surface area contributed by atoms with Gasteiger partial charge in [0.15, 0.2) is 0 Å². The number of fused-ring (bicyclic) bond motifs is 1. The maximum Gasteiger partial charge on any atom is 0.119 e. The Balaban J connectivity index is 1.15. The molecule has 0 amide bonds. The maximum atomic E-state index is 10.5. The van der Waals surface area contributed by atoms with E-state index < -0.39 is 6.10 Å². The second kappa shape index (κ2) is 11.7. The van der Waals surface area contributed by atoms with E-state index in [9.17, 15) is 5.11 Å². The molecule has 0 aliphatic carbocycles. The Morgan fingerprint density at radius 2 is 1.66 bits per heavy atom. The zero-order valence-electron chi connectivity index (χ0n) is 18.5. The summed E-state index contributed by atoms with van der Waals surface area (Å²) >= 11 is 0. The number of benzene rings is 3. The SMILES string of the molecule is O[C@H](COc1cccc(CNCCOc2ccccc2)c1)CN1CCc2ccccc2C1. The summed E-state index contributed by atoms with van der Waals surface area (Å²) in [6, 6.07) is 26.4. The average molecular weight is 433 g/mol. The average Bonchev–Trinajstić information content (AvgIpc) is 2.83. The highest BCUT2D eigenvalue weighted by Crippen LogP contribution is 2.19. The number of nitrogens with zero attached hydrogens (tertiary/aromatic N) is 1. The number of hydrogen-bond acceptors (Lipinski definition) is 5. The Labute approximate surface area is 190 Å². The Hall–Kier alpha value is -2.86. The molecule has 168 valence electrons. The van der Waals surface area contributed by atoms with Crippen LogP contribution in [0.4, 0.5) is 0 Å². The molecule has 1 heterocycles. The Morgan fingerprint density at radius 1 is 0.875 bits per heavy atom. The smallest absolute Gasteiger partial charge is 0.119 e. The summed E-state index contributed by atoms with van der Waals surface area (Å²) in [6.45, 7) is 4.90. The van der Waals surface area contributed by atoms with Gasteiger partial charge in [-0.3, -0.25) is 4.90 Å². The van der Waals surface area contributed by atoms with Gasteiger partial charge in [0.25, 0.3) is 0 Å². The van der Waals surface area contributed by atoms with Crippen LogP contribution in [0, 0.1) is 0 Å². The predicted molar refractivity (Wildman–Crippen MR) is 127 cm³/mol. The van der Waals surface area contributed by atoms with Crippen molar-refractivity contribution in [3.8, 4) is 11.5 Å². The molecule has 2 N–H and O–H groups in total. The van der Waals surface area contributed by atoms with E-state index in [1.54, 1.807) is 0 Å². The van der Waals surface area contributed by atoms with Crippen LogP contribution in [0.5, 0.6) is 11.5 Å². The number of para-hydroxylation sites is 1. The molecule has 0 bridgehead atoms. The number of rotatable bonds is 11. The second-order valence-corrected chi connectivity index (χ2v) is 8.20. The van der Waals surface area contributed by atoms with Crippen LogP contribution in [0.2, 0.25) is 0 Å². The summed E-state index contributed by atoms with van der Waals surface area (Å²) in [6.07, 6.45) is 0.520. The topological polar surface area (TPSA) is 54.0 Å². The van der Waals surface area contributed by atoms with Crippen molar-refractivity contribution in [3.63, 3.8) is 0 Å². The van der Waals surface area contributed by atoms with E-state index in [1.807, 2.05) is 48.5 Å². The van der Waals surface area contributed by atoms with Gasteiger partial charge in [-0.15, -0.1) is 0 Å². The summed E-state index contributed by atoms with van der Waals surface area (Å²) in [7, 11) is 0. The first-order valence-corrected chi connectivity index (χ1v) is 11.3. The van der Waals surface area contributed by atoms with Crippen molar-refractivity contribution in [1.82, 2.24) is 10.2 Å². The van der Waals surface area contributed by atoms with E-state index in [4.69, 9.17) is 9.47 Å². The molecule has 4 rings (SSSR count). The molecule has 5 nitrogen and oxygen atoms in total. The number of aliphatic hydroxyl groups excluding tert-OH is 1. The van der Waals surface area contributed by atoms with Crippen molar-refractivity contribution in [3.05, 3.63) is 95.6 Å². The van der Waals surface area contributed by atoms with Crippen molar-refractivity contribution in [1.29, 1.82) is 0 Å². The fourth-order valence-electron chi connectivity index (χ4n) is 3.99. The van der Waals surface area contributed by atoms with E-state index in [2.05, 4.69) is 40.5 Å². The van der Waals surface area contributed by atoms with Crippen molar-refractivity contribution in [2.24, 2.45) is 0 Å². The number of β-amino-alcohol motifs (C(OH)–C–C–N with tert-alkyl or cyclic N) is 1. The first-order valence-electron chi connectivity index (χ1n) is 11.3. The number of aliphatic hydroxyl groups is 1. The summed E-state index contributed by atoms with van der Waals surface area (Å²) in [4.78, 5) is 2.30. The monoisotopic (exact) mass is 432 g/mol. The van der Waals surface area contributed by atoms with Crippen LogP contribution in [-0.4, -0.2) is 49.0 Å². The van der Waals surface area contributed by atoms with Crippen molar-refractivity contribution in [2.45, 2.75) is 25.6 Å². The van der Waals surface area contributed by atoms with Crippen molar-refractivity contribution >= 4 is 0 Å². The molecule has 1 aliphatic heterocycles. The molecule has 0 aromatic heterocycles.